The molecule has 1 aliphatic rings. The maximum absolute atomic E-state index is 13.0. The van der Waals surface area contributed by atoms with Gasteiger partial charge in [-0.15, -0.1) is 68.0 Å². The van der Waals surface area contributed by atoms with E-state index in [1.807, 2.05) is 32.3 Å². The summed E-state index contributed by atoms with van der Waals surface area (Å²) in [5, 5.41) is 29.6. The summed E-state index contributed by atoms with van der Waals surface area (Å²) in [7, 11) is 0. The molecule has 400 valence electrons. The van der Waals surface area contributed by atoms with E-state index in [-0.39, 0.29) is 27.4 Å². The fraction of sp³-hybridized carbons (Fsp3) is 0.323. The summed E-state index contributed by atoms with van der Waals surface area (Å²) in [4.78, 5) is 28.9. The smallest absolute Gasteiger partial charge is 0.230 e. The van der Waals surface area contributed by atoms with E-state index in [1.165, 1.54) is 34.0 Å². The van der Waals surface area contributed by atoms with E-state index >= 15 is 0 Å². The van der Waals surface area contributed by atoms with Crippen molar-refractivity contribution in [2.24, 2.45) is 0 Å². The first-order valence-electron chi connectivity index (χ1n) is 25.9. The van der Waals surface area contributed by atoms with Crippen molar-refractivity contribution in [3.63, 3.8) is 0 Å². The van der Waals surface area contributed by atoms with Crippen molar-refractivity contribution in [2.75, 3.05) is 0 Å². The lowest BCUT2D eigenvalue weighted by Crippen LogP contribution is -2.16. The molecule has 0 saturated heterocycles. The Morgan fingerprint density at radius 2 is 0.590 bits per heavy atom. The second-order valence-corrected chi connectivity index (χ2v) is 29.3. The van der Waals surface area contributed by atoms with Gasteiger partial charge in [-0.25, -0.2) is 15.0 Å². The van der Waals surface area contributed by atoms with Crippen LogP contribution >= 0.6 is 68.0 Å². The molecular weight excluding hydrogens is 1090 g/mol. The Morgan fingerprint density at radius 1 is 0.346 bits per heavy atom. The van der Waals surface area contributed by atoms with Gasteiger partial charge in [-0.1, -0.05) is 132 Å². The number of ether oxygens (including phenoxy) is 3. The van der Waals surface area contributed by atoms with Crippen LogP contribution in [-0.2, 0) is 47.3 Å². The standard InChI is InChI=1S/C62H62N6O4S6/c1-59(2,3)42-23-34-19-36-25-43(60(4,5)6)27-38(50(36)70-46-31-76-56(66-46)53-63-13-16-73-53)21-40-29-45(62(10,11)12)30-41(52(40)72-48-33-78-58(68-48)55-65-15-18-75-55)22-39-28-44(61(7,8)9)26-37(20-35(24-42)49(34)69)51(39)71-47-32-77-57(67-47)54-64-14-17-74-54/h13-18,23-33,69H,19-22H2,1-12H3. The van der Waals surface area contributed by atoms with Gasteiger partial charge in [-0.05, 0) is 88.4 Å². The van der Waals surface area contributed by atoms with Gasteiger partial charge in [0.2, 0.25) is 17.6 Å². The predicted octanol–water partition coefficient (Wildman–Crippen LogP) is 18.4. The van der Waals surface area contributed by atoms with E-state index in [0.717, 1.165) is 96.8 Å². The summed E-state index contributed by atoms with van der Waals surface area (Å²) >= 11 is 9.20. The number of aromatic hydroxyl groups is 1. The molecular formula is C62H62N6O4S6. The van der Waals surface area contributed by atoms with Crippen LogP contribution in [0.2, 0.25) is 0 Å². The van der Waals surface area contributed by atoms with Gasteiger partial charge in [-0.2, -0.15) is 15.0 Å². The molecule has 10 nitrogen and oxygen atoms in total. The van der Waals surface area contributed by atoms with Crippen LogP contribution in [0, 0.1) is 0 Å². The number of benzene rings is 4. The molecule has 1 N–H and O–H groups in total. The van der Waals surface area contributed by atoms with Crippen molar-refractivity contribution in [2.45, 2.75) is 130 Å². The second kappa shape index (κ2) is 20.8. The zero-order valence-corrected chi connectivity index (χ0v) is 50.8. The van der Waals surface area contributed by atoms with Gasteiger partial charge < -0.3 is 19.3 Å². The monoisotopic (exact) mass is 1150 g/mol. The quantitative estimate of drug-likeness (QED) is 0.149. The lowest BCUT2D eigenvalue weighted by atomic mass is 9.79. The summed E-state index contributed by atoms with van der Waals surface area (Å²) in [6.45, 7) is 27.0. The highest BCUT2D eigenvalue weighted by atomic mass is 32.1. The van der Waals surface area contributed by atoms with E-state index in [4.69, 9.17) is 29.2 Å². The van der Waals surface area contributed by atoms with Crippen LogP contribution in [0.1, 0.15) is 150 Å². The fourth-order valence-electron chi connectivity index (χ4n) is 9.54. The van der Waals surface area contributed by atoms with Crippen molar-refractivity contribution in [1.29, 1.82) is 0 Å². The number of hydrogen-bond acceptors (Lipinski definition) is 16. The van der Waals surface area contributed by atoms with Gasteiger partial charge in [-0.3, -0.25) is 0 Å². The number of nitrogens with zero attached hydrogens (tertiary/aromatic N) is 6. The summed E-state index contributed by atoms with van der Waals surface area (Å²) in [5.74, 6) is 3.80. The Kier molecular flexibility index (Phi) is 14.4. The number of thiazole rings is 6. The fourth-order valence-corrected chi connectivity index (χ4v) is 13.8. The van der Waals surface area contributed by atoms with Crippen molar-refractivity contribution in [1.82, 2.24) is 29.9 Å². The highest BCUT2D eigenvalue weighted by Gasteiger charge is 2.31. The molecule has 0 radical (unpaired) electrons. The van der Waals surface area contributed by atoms with Gasteiger partial charge in [0.15, 0.2) is 30.0 Å². The third-order valence-corrected chi connectivity index (χ3v) is 19.1. The molecule has 78 heavy (non-hydrogen) atoms. The Labute approximate surface area is 481 Å². The van der Waals surface area contributed by atoms with Gasteiger partial charge in [0.1, 0.15) is 23.0 Å². The van der Waals surface area contributed by atoms with Crippen LogP contribution in [0.3, 0.4) is 0 Å². The lowest BCUT2D eigenvalue weighted by Gasteiger charge is -2.28. The zero-order chi connectivity index (χ0) is 54.9. The first-order valence-corrected chi connectivity index (χ1v) is 31.2. The van der Waals surface area contributed by atoms with E-state index < -0.39 is 0 Å². The SMILES string of the molecule is CC(C)(C)c1cc2c(O)c(c1)Cc1cc(C(C)(C)C)cc(c1Oc1csc(-c3nccs3)n1)Cc1cc(C(C)(C)C)cc(c1Oc1csc(-c3nccs3)n1)Cc1cc(C(C)(C)C)cc(c1Oc1csc(-c3nccs3)n1)C2. The topological polar surface area (TPSA) is 125 Å². The maximum atomic E-state index is 13.0. The Hall–Kier alpha value is -6.14. The molecule has 4 aromatic carbocycles. The minimum atomic E-state index is -0.262. The van der Waals surface area contributed by atoms with Crippen molar-refractivity contribution < 1.29 is 19.3 Å². The van der Waals surface area contributed by atoms with E-state index in [0.29, 0.717) is 60.6 Å². The van der Waals surface area contributed by atoms with Crippen molar-refractivity contribution >= 4 is 68.0 Å². The van der Waals surface area contributed by atoms with Crippen LogP contribution in [0.25, 0.3) is 30.0 Å². The number of phenols is 1. The highest BCUT2D eigenvalue weighted by molar-refractivity contribution is 7.20. The lowest BCUT2D eigenvalue weighted by molar-refractivity contribution is 0.444. The average Bonchev–Trinajstić information content (AvgIpc) is 4.35. The van der Waals surface area contributed by atoms with Gasteiger partial charge >= 0.3 is 0 Å². The molecule has 0 atom stereocenters. The molecule has 10 aromatic rings. The number of fused-ring (bicyclic) bond motifs is 8. The van der Waals surface area contributed by atoms with Crippen LogP contribution in [0.5, 0.6) is 40.6 Å². The zero-order valence-electron chi connectivity index (χ0n) is 45.9. The highest BCUT2D eigenvalue weighted by Crippen LogP contribution is 2.47. The number of phenolic OH excluding ortho intramolecular Hbond substituents is 1. The van der Waals surface area contributed by atoms with E-state index in [9.17, 15) is 5.11 Å². The summed E-state index contributed by atoms with van der Waals surface area (Å²) < 4.78 is 21.7. The third-order valence-electron chi connectivity index (χ3n) is 13.9. The Morgan fingerprint density at radius 3 is 0.821 bits per heavy atom. The predicted molar refractivity (Wildman–Crippen MR) is 323 cm³/mol. The molecule has 0 spiro atoms. The normalized spacial score (nSPS) is 13.2. The summed E-state index contributed by atoms with van der Waals surface area (Å²) in [6, 6.07) is 18.1. The van der Waals surface area contributed by atoms with E-state index in [2.05, 4.69) is 147 Å². The molecule has 8 bridgehead atoms. The first-order chi connectivity index (χ1) is 37.0. The van der Waals surface area contributed by atoms with Crippen molar-refractivity contribution in [3.8, 4) is 70.7 Å². The minimum Gasteiger partial charge on any atom is -0.507 e. The van der Waals surface area contributed by atoms with Crippen molar-refractivity contribution in [3.05, 3.63) is 166 Å². The molecule has 0 unspecified atom stereocenters. The number of rotatable bonds is 9. The molecule has 6 aromatic heterocycles. The number of hydrogen-bond donors (Lipinski definition) is 1. The van der Waals surface area contributed by atoms with Gasteiger partial charge in [0, 0.05) is 60.4 Å². The van der Waals surface area contributed by atoms with Gasteiger partial charge in [0.05, 0.1) is 16.1 Å². The molecule has 1 aliphatic carbocycles. The Bertz CT molecular complexity index is 3600. The summed E-state index contributed by atoms with van der Waals surface area (Å²) in [5.41, 5.74) is 10.9. The molecule has 16 heteroatoms. The van der Waals surface area contributed by atoms with E-state index in [1.54, 1.807) is 52.6 Å². The van der Waals surface area contributed by atoms with Gasteiger partial charge in [0.25, 0.3) is 0 Å². The largest absolute Gasteiger partial charge is 0.507 e. The third kappa shape index (κ3) is 11.5. The molecule has 0 fully saturated rings. The molecule has 0 saturated carbocycles. The van der Waals surface area contributed by atoms with Crippen LogP contribution in [0.15, 0.2) is 99.4 Å². The van der Waals surface area contributed by atoms with Crippen LogP contribution in [0.4, 0.5) is 0 Å². The van der Waals surface area contributed by atoms with Crippen LogP contribution in [-0.4, -0.2) is 35.0 Å². The molecule has 6 heterocycles. The molecule has 11 rings (SSSR count). The summed E-state index contributed by atoms with van der Waals surface area (Å²) in [6.07, 6.45) is 7.02. The Balaban J connectivity index is 1.21. The molecule has 0 amide bonds. The maximum Gasteiger partial charge on any atom is 0.230 e. The average molecular weight is 1150 g/mol. The first kappa shape index (κ1) is 53.8. The second-order valence-electron chi connectivity index (χ2n) is 24.0. The number of aromatic nitrogens is 6. The molecule has 0 aliphatic heterocycles. The minimum absolute atomic E-state index is 0.243. The van der Waals surface area contributed by atoms with Crippen LogP contribution < -0.4 is 14.2 Å².